The molecule has 0 unspecified atom stereocenters. The fourth-order valence-corrected chi connectivity index (χ4v) is 2.65. The van der Waals surface area contributed by atoms with Gasteiger partial charge in [-0.1, -0.05) is 25.5 Å². The highest BCUT2D eigenvalue weighted by Gasteiger charge is 2.17. The molecule has 20 heavy (non-hydrogen) atoms. The smallest absolute Gasteiger partial charge is 0.249 e. The lowest BCUT2D eigenvalue weighted by atomic mass is 9.89. The number of carbonyl (C=O) groups excluding carboxylic acids is 1. The number of benzene rings is 1. The molecule has 2 aromatic rings. The predicted molar refractivity (Wildman–Crippen MR) is 81.7 cm³/mol. The molecule has 0 fully saturated rings. The van der Waals surface area contributed by atoms with Gasteiger partial charge >= 0.3 is 0 Å². The van der Waals surface area contributed by atoms with Crippen molar-refractivity contribution in [2.45, 2.75) is 33.6 Å². The summed E-state index contributed by atoms with van der Waals surface area (Å²) in [6.07, 6.45) is 3.73. The third-order valence-electron chi connectivity index (χ3n) is 3.53. The number of pyridine rings is 1. The molecule has 0 saturated heterocycles. The molecule has 0 atom stereocenters. The molecule has 0 spiro atoms. The zero-order valence-electron chi connectivity index (χ0n) is 12.2. The minimum absolute atomic E-state index is 0.388. The molecular formula is C17H20N2O. The number of aryl methyl sites for hydroxylation is 3. The SMILES string of the molecule is CCCc1cccc(C(N)=O)c1-c1c(C)ccnc1C. The van der Waals surface area contributed by atoms with Crippen molar-refractivity contribution in [2.75, 3.05) is 0 Å². The average Bonchev–Trinajstić information content (AvgIpc) is 2.40. The van der Waals surface area contributed by atoms with Gasteiger partial charge in [0.1, 0.15) is 0 Å². The molecule has 0 aliphatic heterocycles. The van der Waals surface area contributed by atoms with Crippen LogP contribution in [-0.4, -0.2) is 10.9 Å². The normalized spacial score (nSPS) is 10.6. The average molecular weight is 268 g/mol. The number of nitrogens with zero attached hydrogens (tertiary/aromatic N) is 1. The highest BCUT2D eigenvalue weighted by molar-refractivity contribution is 6.01. The highest BCUT2D eigenvalue weighted by atomic mass is 16.1. The number of amides is 1. The third kappa shape index (κ3) is 2.57. The fraction of sp³-hybridized carbons (Fsp3) is 0.294. The lowest BCUT2D eigenvalue weighted by Crippen LogP contribution is -2.14. The van der Waals surface area contributed by atoms with Crippen molar-refractivity contribution in [2.24, 2.45) is 5.73 Å². The number of nitrogens with two attached hydrogens (primary N) is 1. The first-order chi connectivity index (χ1) is 9.56. The molecule has 3 heteroatoms. The summed E-state index contributed by atoms with van der Waals surface area (Å²) >= 11 is 0. The molecule has 1 aromatic carbocycles. The van der Waals surface area contributed by atoms with Crippen molar-refractivity contribution in [1.82, 2.24) is 4.98 Å². The minimum Gasteiger partial charge on any atom is -0.366 e. The van der Waals surface area contributed by atoms with Gasteiger partial charge < -0.3 is 5.73 Å². The van der Waals surface area contributed by atoms with E-state index in [1.165, 1.54) is 0 Å². The second kappa shape index (κ2) is 5.87. The van der Waals surface area contributed by atoms with E-state index in [0.29, 0.717) is 5.56 Å². The highest BCUT2D eigenvalue weighted by Crippen LogP contribution is 2.32. The van der Waals surface area contributed by atoms with E-state index in [0.717, 1.165) is 40.8 Å². The topological polar surface area (TPSA) is 56.0 Å². The molecule has 0 saturated carbocycles. The molecule has 1 amide bonds. The van der Waals surface area contributed by atoms with Gasteiger partial charge in [-0.05, 0) is 49.1 Å². The Morgan fingerprint density at radius 3 is 2.55 bits per heavy atom. The summed E-state index contributed by atoms with van der Waals surface area (Å²) in [6, 6.07) is 7.73. The van der Waals surface area contributed by atoms with Crippen LogP contribution >= 0.6 is 0 Å². The molecule has 1 aromatic heterocycles. The molecule has 0 bridgehead atoms. The Kier molecular flexibility index (Phi) is 4.18. The molecule has 0 aliphatic rings. The Balaban J connectivity index is 2.79. The van der Waals surface area contributed by atoms with Crippen molar-refractivity contribution in [1.29, 1.82) is 0 Å². The van der Waals surface area contributed by atoms with Gasteiger partial charge in [-0.2, -0.15) is 0 Å². The maximum atomic E-state index is 11.8. The number of primary amides is 1. The van der Waals surface area contributed by atoms with E-state index in [1.54, 1.807) is 12.3 Å². The van der Waals surface area contributed by atoms with Crippen molar-refractivity contribution in [3.8, 4) is 11.1 Å². The number of hydrogen-bond donors (Lipinski definition) is 1. The van der Waals surface area contributed by atoms with Crippen LogP contribution in [0.15, 0.2) is 30.5 Å². The summed E-state index contributed by atoms with van der Waals surface area (Å²) in [7, 11) is 0. The van der Waals surface area contributed by atoms with Gasteiger partial charge in [-0.25, -0.2) is 0 Å². The van der Waals surface area contributed by atoms with Crippen LogP contribution in [0.2, 0.25) is 0 Å². The maximum absolute atomic E-state index is 11.8. The van der Waals surface area contributed by atoms with E-state index in [9.17, 15) is 4.79 Å². The van der Waals surface area contributed by atoms with Gasteiger partial charge in [0.05, 0.1) is 0 Å². The zero-order chi connectivity index (χ0) is 14.7. The number of carbonyl (C=O) groups is 1. The van der Waals surface area contributed by atoms with E-state index in [4.69, 9.17) is 5.73 Å². The van der Waals surface area contributed by atoms with Gasteiger partial charge in [0.15, 0.2) is 0 Å². The number of rotatable bonds is 4. The van der Waals surface area contributed by atoms with Crippen molar-refractivity contribution in [3.63, 3.8) is 0 Å². The Morgan fingerprint density at radius 1 is 1.20 bits per heavy atom. The summed E-state index contributed by atoms with van der Waals surface area (Å²) in [5.74, 6) is -0.388. The summed E-state index contributed by atoms with van der Waals surface area (Å²) in [5.41, 5.74) is 11.3. The van der Waals surface area contributed by atoms with Crippen molar-refractivity contribution in [3.05, 3.63) is 52.8 Å². The van der Waals surface area contributed by atoms with E-state index >= 15 is 0 Å². The van der Waals surface area contributed by atoms with E-state index in [-0.39, 0.29) is 5.91 Å². The molecule has 2 rings (SSSR count). The van der Waals surface area contributed by atoms with Gasteiger partial charge in [0.2, 0.25) is 5.91 Å². The lowest BCUT2D eigenvalue weighted by Gasteiger charge is -2.16. The molecular weight excluding hydrogens is 248 g/mol. The van der Waals surface area contributed by atoms with Crippen LogP contribution in [0, 0.1) is 13.8 Å². The fourth-order valence-electron chi connectivity index (χ4n) is 2.65. The molecule has 2 N–H and O–H groups in total. The second-order valence-corrected chi connectivity index (χ2v) is 5.04. The number of hydrogen-bond acceptors (Lipinski definition) is 2. The first-order valence-electron chi connectivity index (χ1n) is 6.90. The Morgan fingerprint density at radius 2 is 1.95 bits per heavy atom. The second-order valence-electron chi connectivity index (χ2n) is 5.04. The summed E-state index contributed by atoms with van der Waals surface area (Å²) in [4.78, 5) is 16.1. The quantitative estimate of drug-likeness (QED) is 0.923. The zero-order valence-corrected chi connectivity index (χ0v) is 12.2. The van der Waals surface area contributed by atoms with Crippen molar-refractivity contribution < 1.29 is 4.79 Å². The van der Waals surface area contributed by atoms with Crippen LogP contribution in [0.1, 0.15) is 40.5 Å². The van der Waals surface area contributed by atoms with Crippen LogP contribution in [0.3, 0.4) is 0 Å². The maximum Gasteiger partial charge on any atom is 0.249 e. The van der Waals surface area contributed by atoms with Crippen LogP contribution < -0.4 is 5.73 Å². The van der Waals surface area contributed by atoms with Crippen LogP contribution in [0.5, 0.6) is 0 Å². The Bertz CT molecular complexity index is 627. The predicted octanol–water partition coefficient (Wildman–Crippen LogP) is 3.42. The van der Waals surface area contributed by atoms with E-state index < -0.39 is 0 Å². The summed E-state index contributed by atoms with van der Waals surface area (Å²) in [5, 5.41) is 0. The van der Waals surface area contributed by atoms with Gasteiger partial charge in [0, 0.05) is 23.0 Å². The van der Waals surface area contributed by atoms with Crippen LogP contribution in [0.4, 0.5) is 0 Å². The van der Waals surface area contributed by atoms with E-state index in [1.807, 2.05) is 26.0 Å². The molecule has 0 radical (unpaired) electrons. The summed E-state index contributed by atoms with van der Waals surface area (Å²) < 4.78 is 0. The van der Waals surface area contributed by atoms with E-state index in [2.05, 4.69) is 18.0 Å². The molecule has 1 heterocycles. The van der Waals surface area contributed by atoms with Crippen LogP contribution in [0.25, 0.3) is 11.1 Å². The molecule has 0 aliphatic carbocycles. The first-order valence-corrected chi connectivity index (χ1v) is 6.90. The van der Waals surface area contributed by atoms with Gasteiger partial charge in [0.25, 0.3) is 0 Å². The van der Waals surface area contributed by atoms with Gasteiger partial charge in [-0.3, -0.25) is 9.78 Å². The molecule has 104 valence electrons. The third-order valence-corrected chi connectivity index (χ3v) is 3.53. The summed E-state index contributed by atoms with van der Waals surface area (Å²) in [6.45, 7) is 6.14. The first kappa shape index (κ1) is 14.3. The lowest BCUT2D eigenvalue weighted by molar-refractivity contribution is 0.100. The van der Waals surface area contributed by atoms with Gasteiger partial charge in [-0.15, -0.1) is 0 Å². The van der Waals surface area contributed by atoms with Crippen molar-refractivity contribution >= 4 is 5.91 Å². The Labute approximate surface area is 119 Å². The minimum atomic E-state index is -0.388. The monoisotopic (exact) mass is 268 g/mol. The molecule has 3 nitrogen and oxygen atoms in total. The van der Waals surface area contributed by atoms with Crippen LogP contribution in [-0.2, 0) is 6.42 Å². The standard InChI is InChI=1S/C17H20N2O/c1-4-6-13-7-5-8-14(17(18)20)16(13)15-11(2)9-10-19-12(15)3/h5,7-10H,4,6H2,1-3H3,(H2,18,20). The number of aromatic nitrogens is 1. The Hall–Kier alpha value is -2.16. The largest absolute Gasteiger partial charge is 0.366 e.